The molecule has 0 radical (unpaired) electrons. The largest absolute Gasteiger partial charge is 0.394 e. The molecule has 1 atom stereocenters. The number of aromatic nitrogens is 2. The van der Waals surface area contributed by atoms with E-state index in [0.29, 0.717) is 76.2 Å². The van der Waals surface area contributed by atoms with Crippen LogP contribution in [0.2, 0.25) is 0 Å². The summed E-state index contributed by atoms with van der Waals surface area (Å²) in [5.74, 6) is 0.634. The number of anilines is 2. The number of β-amino-alcohol motifs (C(OH)–C–C–N with tert-alkyl or cyclic N) is 1. The molecule has 0 aromatic carbocycles. The van der Waals surface area contributed by atoms with Crippen molar-refractivity contribution in [3.63, 3.8) is 0 Å². The molecule has 1 unspecified atom stereocenters. The third-order valence-electron chi connectivity index (χ3n) is 6.67. The second-order valence-corrected chi connectivity index (χ2v) is 9.81. The van der Waals surface area contributed by atoms with Gasteiger partial charge in [-0.25, -0.2) is 4.98 Å². The van der Waals surface area contributed by atoms with E-state index >= 15 is 0 Å². The van der Waals surface area contributed by atoms with Crippen LogP contribution in [0.15, 0.2) is 36.7 Å². The van der Waals surface area contributed by atoms with Gasteiger partial charge in [0.05, 0.1) is 24.0 Å². The quantitative estimate of drug-likeness (QED) is 0.461. The van der Waals surface area contributed by atoms with Crippen molar-refractivity contribution in [2.45, 2.75) is 26.0 Å². The van der Waals surface area contributed by atoms with Crippen molar-refractivity contribution in [2.24, 2.45) is 0 Å². The summed E-state index contributed by atoms with van der Waals surface area (Å²) in [7, 11) is 0. The molecule has 0 aliphatic carbocycles. The summed E-state index contributed by atoms with van der Waals surface area (Å²) >= 11 is 0. The Labute approximate surface area is 217 Å². The highest BCUT2D eigenvalue weighted by Gasteiger charge is 2.26. The molecule has 11 nitrogen and oxygen atoms in total. The van der Waals surface area contributed by atoms with E-state index in [1.165, 1.54) is 6.20 Å². The number of nitrogens with one attached hydrogen (secondary N) is 1. The van der Waals surface area contributed by atoms with E-state index in [2.05, 4.69) is 34.0 Å². The van der Waals surface area contributed by atoms with Crippen molar-refractivity contribution in [1.29, 1.82) is 0 Å². The fourth-order valence-electron chi connectivity index (χ4n) is 4.67. The molecule has 2 fully saturated rings. The van der Waals surface area contributed by atoms with Gasteiger partial charge in [0, 0.05) is 77.3 Å². The van der Waals surface area contributed by atoms with Crippen molar-refractivity contribution >= 4 is 23.3 Å². The zero-order chi connectivity index (χ0) is 26.4. The van der Waals surface area contributed by atoms with Crippen LogP contribution >= 0.6 is 0 Å². The minimum atomic E-state index is -0.770. The van der Waals surface area contributed by atoms with Crippen LogP contribution in [-0.4, -0.2) is 124 Å². The molecule has 0 bridgehead atoms. The zero-order valence-electron chi connectivity index (χ0n) is 21.6. The molecule has 2 saturated heterocycles. The minimum absolute atomic E-state index is 0.122. The van der Waals surface area contributed by atoms with Gasteiger partial charge in [-0.2, -0.15) is 0 Å². The number of piperazine rings is 2. The number of rotatable bonds is 8. The third-order valence-corrected chi connectivity index (χ3v) is 6.67. The molecule has 2 aliphatic rings. The summed E-state index contributed by atoms with van der Waals surface area (Å²) in [4.78, 5) is 42.6. The Balaban J connectivity index is 1.30. The van der Waals surface area contributed by atoms with E-state index in [1.54, 1.807) is 28.1 Å². The number of hydrogen-bond donors (Lipinski definition) is 3. The van der Waals surface area contributed by atoms with Crippen LogP contribution in [0.1, 0.15) is 34.7 Å². The summed E-state index contributed by atoms with van der Waals surface area (Å²) in [6.07, 6.45) is 2.49. The number of pyridine rings is 2. The maximum Gasteiger partial charge on any atom is 0.272 e. The van der Waals surface area contributed by atoms with Crippen LogP contribution in [0.3, 0.4) is 0 Å². The fraction of sp³-hybridized carbons (Fsp3) is 0.538. The maximum absolute atomic E-state index is 13.1. The minimum Gasteiger partial charge on any atom is -0.394 e. The standard InChI is InChI=1S/C26H37N7O4/c1-19(2)29-22-4-3-7-27-24(22)31-12-14-33(15-13-31)26(37)23-6-5-20(16-28-23)25(36)32-10-8-30(9-11-32)17-21(35)18-34/h3-7,16,19,21,29,34-35H,8-15,17-18H2,1-2H3. The van der Waals surface area contributed by atoms with Crippen molar-refractivity contribution < 1.29 is 19.8 Å². The van der Waals surface area contributed by atoms with Crippen molar-refractivity contribution in [3.8, 4) is 0 Å². The second kappa shape index (κ2) is 12.3. The topological polar surface area (TPSA) is 125 Å². The number of amides is 2. The lowest BCUT2D eigenvalue weighted by atomic mass is 10.2. The summed E-state index contributed by atoms with van der Waals surface area (Å²) in [6.45, 7) is 9.11. The summed E-state index contributed by atoms with van der Waals surface area (Å²) in [6, 6.07) is 7.52. The van der Waals surface area contributed by atoms with Crippen molar-refractivity contribution in [2.75, 3.05) is 75.7 Å². The second-order valence-electron chi connectivity index (χ2n) is 9.81. The first-order valence-corrected chi connectivity index (χ1v) is 12.9. The van der Waals surface area contributed by atoms with E-state index in [-0.39, 0.29) is 18.4 Å². The first-order chi connectivity index (χ1) is 17.9. The van der Waals surface area contributed by atoms with Crippen LogP contribution in [0.5, 0.6) is 0 Å². The first-order valence-electron chi connectivity index (χ1n) is 12.9. The number of carbonyl (C=O) groups is 2. The Bertz CT molecular complexity index is 1050. The predicted molar refractivity (Wildman–Crippen MR) is 141 cm³/mol. The number of aliphatic hydroxyl groups excluding tert-OH is 2. The number of hydrogen-bond acceptors (Lipinski definition) is 9. The highest BCUT2D eigenvalue weighted by atomic mass is 16.3. The molecular weight excluding hydrogens is 474 g/mol. The Morgan fingerprint density at radius 3 is 2.24 bits per heavy atom. The highest BCUT2D eigenvalue weighted by Crippen LogP contribution is 2.25. The lowest BCUT2D eigenvalue weighted by Gasteiger charge is -2.36. The summed E-state index contributed by atoms with van der Waals surface area (Å²) in [5.41, 5.74) is 1.77. The third kappa shape index (κ3) is 6.73. The van der Waals surface area contributed by atoms with E-state index in [9.17, 15) is 14.7 Å². The van der Waals surface area contributed by atoms with Crippen molar-refractivity contribution in [1.82, 2.24) is 24.7 Å². The Kier molecular flexibility index (Phi) is 8.91. The van der Waals surface area contributed by atoms with Crippen molar-refractivity contribution in [3.05, 3.63) is 47.9 Å². The first kappa shape index (κ1) is 26.8. The smallest absolute Gasteiger partial charge is 0.272 e. The van der Waals surface area contributed by atoms with Gasteiger partial charge < -0.3 is 30.2 Å². The monoisotopic (exact) mass is 511 g/mol. The van der Waals surface area contributed by atoms with Gasteiger partial charge in [-0.3, -0.25) is 19.5 Å². The molecule has 11 heteroatoms. The molecule has 200 valence electrons. The molecule has 2 aromatic heterocycles. The Hall–Kier alpha value is -3.28. The molecule has 37 heavy (non-hydrogen) atoms. The lowest BCUT2D eigenvalue weighted by molar-refractivity contribution is 0.0358. The van der Waals surface area contributed by atoms with Gasteiger partial charge in [0.2, 0.25) is 0 Å². The van der Waals surface area contributed by atoms with E-state index in [1.807, 2.05) is 17.0 Å². The zero-order valence-corrected chi connectivity index (χ0v) is 21.6. The highest BCUT2D eigenvalue weighted by molar-refractivity contribution is 5.96. The molecule has 0 spiro atoms. The van der Waals surface area contributed by atoms with Crippen LogP contribution < -0.4 is 10.2 Å². The Morgan fingerprint density at radius 1 is 0.946 bits per heavy atom. The van der Waals surface area contributed by atoms with Gasteiger partial charge >= 0.3 is 0 Å². The van der Waals surface area contributed by atoms with Gasteiger partial charge in [-0.15, -0.1) is 0 Å². The molecule has 2 aromatic rings. The van der Waals surface area contributed by atoms with Gasteiger partial charge in [0.25, 0.3) is 11.8 Å². The number of nitrogens with zero attached hydrogens (tertiary/aromatic N) is 6. The predicted octanol–water partition coefficient (Wildman–Crippen LogP) is 0.370. The van der Waals surface area contributed by atoms with Crippen LogP contribution in [0, 0.1) is 0 Å². The lowest BCUT2D eigenvalue weighted by Crippen LogP contribution is -2.50. The molecule has 4 rings (SSSR count). The van der Waals surface area contributed by atoms with E-state index in [4.69, 9.17) is 5.11 Å². The van der Waals surface area contributed by atoms with Crippen LogP contribution in [0.4, 0.5) is 11.5 Å². The number of carbonyl (C=O) groups excluding carboxylic acids is 2. The van der Waals surface area contributed by atoms with E-state index < -0.39 is 6.10 Å². The van der Waals surface area contributed by atoms with Gasteiger partial charge in [-0.1, -0.05) is 0 Å². The van der Waals surface area contributed by atoms with Crippen LogP contribution in [-0.2, 0) is 0 Å². The molecule has 0 saturated carbocycles. The normalized spacial score (nSPS) is 17.7. The fourth-order valence-corrected chi connectivity index (χ4v) is 4.67. The van der Waals surface area contributed by atoms with Gasteiger partial charge in [0.15, 0.2) is 5.82 Å². The summed E-state index contributed by atoms with van der Waals surface area (Å²) < 4.78 is 0. The Morgan fingerprint density at radius 2 is 1.62 bits per heavy atom. The number of aliphatic hydroxyl groups is 2. The maximum atomic E-state index is 13.1. The summed E-state index contributed by atoms with van der Waals surface area (Å²) in [5, 5.41) is 22.1. The molecule has 2 aliphatic heterocycles. The molecule has 3 N–H and O–H groups in total. The van der Waals surface area contributed by atoms with Crippen LogP contribution in [0.25, 0.3) is 0 Å². The SMILES string of the molecule is CC(C)Nc1cccnc1N1CCN(C(=O)c2ccc(C(=O)N3CCN(CC(O)CO)CC3)cn2)CC1. The van der Waals surface area contributed by atoms with Gasteiger partial charge in [0.1, 0.15) is 5.69 Å². The van der Waals surface area contributed by atoms with E-state index in [0.717, 1.165) is 11.5 Å². The molecule has 2 amide bonds. The molecule has 4 heterocycles. The average Bonchev–Trinajstić information content (AvgIpc) is 2.93. The average molecular weight is 512 g/mol. The van der Waals surface area contributed by atoms with Gasteiger partial charge in [-0.05, 0) is 38.1 Å². The molecular formula is C26H37N7O4.